The van der Waals surface area contributed by atoms with E-state index in [1.807, 2.05) is 18.2 Å². The second kappa shape index (κ2) is 5.25. The Kier molecular flexibility index (Phi) is 3.44. The molecule has 1 amide bonds. The van der Waals surface area contributed by atoms with Gasteiger partial charge in [0.1, 0.15) is 6.04 Å². The predicted octanol–water partition coefficient (Wildman–Crippen LogP) is 0.776. The monoisotopic (exact) mass is 274 g/mol. The van der Waals surface area contributed by atoms with Gasteiger partial charge in [-0.2, -0.15) is 0 Å². The maximum atomic E-state index is 12.5. The highest BCUT2D eigenvalue weighted by Crippen LogP contribution is 2.22. The molecule has 2 aliphatic heterocycles. The van der Waals surface area contributed by atoms with Crippen LogP contribution in [0.15, 0.2) is 24.3 Å². The van der Waals surface area contributed by atoms with Crippen LogP contribution in [0.3, 0.4) is 0 Å². The molecule has 0 unspecified atom stereocenters. The fourth-order valence-electron chi connectivity index (χ4n) is 3.12. The van der Waals surface area contributed by atoms with Crippen molar-refractivity contribution < 1.29 is 14.7 Å². The smallest absolute Gasteiger partial charge is 0.326 e. The zero-order valence-corrected chi connectivity index (χ0v) is 11.2. The van der Waals surface area contributed by atoms with Crippen molar-refractivity contribution in [2.75, 3.05) is 6.54 Å². The molecular weight excluding hydrogens is 256 g/mol. The summed E-state index contributed by atoms with van der Waals surface area (Å²) in [5.41, 5.74) is 2.39. The zero-order valence-electron chi connectivity index (χ0n) is 11.2. The third kappa shape index (κ3) is 2.29. The Labute approximate surface area is 117 Å². The topological polar surface area (TPSA) is 69.6 Å². The Bertz CT molecular complexity index is 544. The number of carbonyl (C=O) groups is 2. The van der Waals surface area contributed by atoms with Crippen LogP contribution in [0.2, 0.25) is 0 Å². The lowest BCUT2D eigenvalue weighted by Crippen LogP contribution is -2.52. The number of hydrogen-bond acceptors (Lipinski definition) is 3. The number of rotatable bonds is 2. The lowest BCUT2D eigenvalue weighted by Gasteiger charge is -2.30. The normalized spacial score (nSPS) is 25.3. The zero-order chi connectivity index (χ0) is 14.1. The molecule has 2 aliphatic rings. The van der Waals surface area contributed by atoms with Gasteiger partial charge in [-0.25, -0.2) is 4.79 Å². The number of benzene rings is 1. The number of likely N-dealkylation sites (tertiary alicyclic amines) is 1. The minimum atomic E-state index is -0.896. The number of nitrogens with one attached hydrogen (secondary N) is 1. The van der Waals surface area contributed by atoms with Crippen LogP contribution >= 0.6 is 0 Å². The predicted molar refractivity (Wildman–Crippen MR) is 73.1 cm³/mol. The molecule has 106 valence electrons. The number of carboxylic acids is 1. The van der Waals surface area contributed by atoms with Crippen molar-refractivity contribution in [3.05, 3.63) is 35.4 Å². The molecule has 2 N–H and O–H groups in total. The van der Waals surface area contributed by atoms with Crippen LogP contribution in [0.5, 0.6) is 0 Å². The Morgan fingerprint density at radius 1 is 1.25 bits per heavy atom. The lowest BCUT2D eigenvalue weighted by atomic mass is 9.95. The van der Waals surface area contributed by atoms with E-state index >= 15 is 0 Å². The van der Waals surface area contributed by atoms with Gasteiger partial charge in [0, 0.05) is 13.1 Å². The summed E-state index contributed by atoms with van der Waals surface area (Å²) in [4.78, 5) is 25.2. The summed E-state index contributed by atoms with van der Waals surface area (Å²) in [7, 11) is 0. The summed E-state index contributed by atoms with van der Waals surface area (Å²) >= 11 is 0. The van der Waals surface area contributed by atoms with Crippen molar-refractivity contribution in [2.45, 2.75) is 37.9 Å². The minimum Gasteiger partial charge on any atom is -0.480 e. The molecule has 2 heterocycles. The first-order valence-electron chi connectivity index (χ1n) is 7.00. The van der Waals surface area contributed by atoms with Gasteiger partial charge in [0.25, 0.3) is 0 Å². The number of fused-ring (bicyclic) bond motifs is 1. The number of aliphatic carboxylic acids is 1. The summed E-state index contributed by atoms with van der Waals surface area (Å²) < 4.78 is 0. The minimum absolute atomic E-state index is 0.0793. The van der Waals surface area contributed by atoms with Gasteiger partial charge in [0.2, 0.25) is 5.91 Å². The third-order valence-corrected chi connectivity index (χ3v) is 4.20. The van der Waals surface area contributed by atoms with E-state index in [-0.39, 0.29) is 11.9 Å². The first kappa shape index (κ1) is 13.1. The first-order valence-corrected chi connectivity index (χ1v) is 7.00. The van der Waals surface area contributed by atoms with Gasteiger partial charge in [-0.15, -0.1) is 0 Å². The van der Waals surface area contributed by atoms with Crippen LogP contribution in [0.25, 0.3) is 0 Å². The molecule has 0 radical (unpaired) electrons. The van der Waals surface area contributed by atoms with Gasteiger partial charge in [0.15, 0.2) is 0 Å². The number of carboxylic acid groups (broad SMARTS) is 1. The van der Waals surface area contributed by atoms with Crippen molar-refractivity contribution in [1.82, 2.24) is 10.2 Å². The molecule has 1 aromatic carbocycles. The van der Waals surface area contributed by atoms with E-state index in [1.165, 1.54) is 16.0 Å². The molecule has 5 heteroatoms. The summed E-state index contributed by atoms with van der Waals surface area (Å²) in [5, 5.41) is 12.4. The SMILES string of the molecule is O=C(O)[C@H]1CCCN1C(=O)[C@@H]1Cc2ccccc2CN1. The van der Waals surface area contributed by atoms with E-state index in [0.717, 1.165) is 6.42 Å². The molecule has 0 aliphatic carbocycles. The first-order chi connectivity index (χ1) is 9.66. The Morgan fingerprint density at radius 3 is 2.75 bits per heavy atom. The Balaban J connectivity index is 1.74. The quantitative estimate of drug-likeness (QED) is 0.836. The molecule has 0 aromatic heterocycles. The fourth-order valence-corrected chi connectivity index (χ4v) is 3.12. The number of hydrogen-bond donors (Lipinski definition) is 2. The molecule has 1 saturated heterocycles. The van der Waals surface area contributed by atoms with Crippen molar-refractivity contribution >= 4 is 11.9 Å². The number of carbonyl (C=O) groups excluding carboxylic acids is 1. The Morgan fingerprint density at radius 2 is 2.00 bits per heavy atom. The van der Waals surface area contributed by atoms with E-state index < -0.39 is 12.0 Å². The standard InChI is InChI=1S/C15H18N2O3/c18-14(17-7-3-6-13(17)15(19)20)12-8-10-4-1-2-5-11(10)9-16-12/h1-2,4-5,12-13,16H,3,6-9H2,(H,19,20)/t12-,13+/m0/s1. The van der Waals surface area contributed by atoms with Crippen LogP contribution in [0.1, 0.15) is 24.0 Å². The summed E-state index contributed by atoms with van der Waals surface area (Å²) in [5.74, 6) is -0.975. The van der Waals surface area contributed by atoms with E-state index in [4.69, 9.17) is 0 Å². The number of nitrogens with zero attached hydrogens (tertiary/aromatic N) is 1. The summed E-state index contributed by atoms with van der Waals surface area (Å²) in [6.45, 7) is 1.22. The van der Waals surface area contributed by atoms with Crippen molar-refractivity contribution in [1.29, 1.82) is 0 Å². The van der Waals surface area contributed by atoms with Crippen LogP contribution < -0.4 is 5.32 Å². The van der Waals surface area contributed by atoms with Gasteiger partial charge in [-0.1, -0.05) is 24.3 Å². The third-order valence-electron chi connectivity index (χ3n) is 4.20. The highest BCUT2D eigenvalue weighted by molar-refractivity contribution is 5.88. The average molecular weight is 274 g/mol. The molecule has 3 rings (SSSR count). The maximum Gasteiger partial charge on any atom is 0.326 e. The second-order valence-electron chi connectivity index (χ2n) is 5.43. The molecule has 2 atom stereocenters. The summed E-state index contributed by atoms with van der Waals surface area (Å²) in [6.07, 6.45) is 1.97. The van der Waals surface area contributed by atoms with E-state index in [0.29, 0.717) is 25.9 Å². The van der Waals surface area contributed by atoms with Gasteiger partial charge in [-0.3, -0.25) is 4.79 Å². The van der Waals surface area contributed by atoms with Gasteiger partial charge < -0.3 is 15.3 Å². The van der Waals surface area contributed by atoms with Crippen molar-refractivity contribution in [2.24, 2.45) is 0 Å². The van der Waals surface area contributed by atoms with E-state index in [1.54, 1.807) is 0 Å². The second-order valence-corrected chi connectivity index (χ2v) is 5.43. The Hall–Kier alpha value is -1.88. The lowest BCUT2D eigenvalue weighted by molar-refractivity contribution is -0.149. The van der Waals surface area contributed by atoms with Crippen LogP contribution in [0, 0.1) is 0 Å². The average Bonchev–Trinajstić information content (AvgIpc) is 2.95. The van der Waals surface area contributed by atoms with Gasteiger partial charge in [-0.05, 0) is 30.4 Å². The van der Waals surface area contributed by atoms with Crippen LogP contribution in [0.4, 0.5) is 0 Å². The summed E-state index contributed by atoms with van der Waals surface area (Å²) in [6, 6.07) is 7.10. The van der Waals surface area contributed by atoms with Crippen LogP contribution in [-0.2, 0) is 22.6 Å². The highest BCUT2D eigenvalue weighted by atomic mass is 16.4. The molecule has 20 heavy (non-hydrogen) atoms. The molecular formula is C15H18N2O3. The van der Waals surface area contributed by atoms with Gasteiger partial charge in [0.05, 0.1) is 6.04 Å². The molecule has 1 fully saturated rings. The van der Waals surface area contributed by atoms with Crippen LogP contribution in [-0.4, -0.2) is 40.5 Å². The maximum absolute atomic E-state index is 12.5. The molecule has 0 spiro atoms. The molecule has 0 bridgehead atoms. The largest absolute Gasteiger partial charge is 0.480 e. The van der Waals surface area contributed by atoms with Gasteiger partial charge >= 0.3 is 5.97 Å². The number of amides is 1. The van der Waals surface area contributed by atoms with Crippen molar-refractivity contribution in [3.8, 4) is 0 Å². The van der Waals surface area contributed by atoms with E-state index in [2.05, 4.69) is 11.4 Å². The fraction of sp³-hybridized carbons (Fsp3) is 0.467. The highest BCUT2D eigenvalue weighted by Gasteiger charge is 2.37. The molecule has 5 nitrogen and oxygen atoms in total. The molecule has 0 saturated carbocycles. The molecule has 1 aromatic rings. The van der Waals surface area contributed by atoms with Crippen molar-refractivity contribution in [3.63, 3.8) is 0 Å². The van der Waals surface area contributed by atoms with E-state index in [9.17, 15) is 14.7 Å².